The van der Waals surface area contributed by atoms with Crippen LogP contribution in [0.2, 0.25) is 0 Å². The molecule has 96 valence electrons. The Morgan fingerprint density at radius 1 is 1.05 bits per heavy atom. The van der Waals surface area contributed by atoms with Crippen molar-refractivity contribution in [3.63, 3.8) is 0 Å². The minimum absolute atomic E-state index is 0.534. The van der Waals surface area contributed by atoms with E-state index in [0.29, 0.717) is 0 Å². The molecule has 0 saturated heterocycles. The second-order valence-corrected chi connectivity index (χ2v) is 6.48. The predicted octanol–water partition coefficient (Wildman–Crippen LogP) is 5.05. The molecule has 0 aliphatic carbocycles. The number of hydrogen-bond acceptors (Lipinski definition) is 2. The van der Waals surface area contributed by atoms with Gasteiger partial charge in [0.15, 0.2) is 0 Å². The van der Waals surface area contributed by atoms with Crippen LogP contribution in [0.4, 0.5) is 0 Å². The van der Waals surface area contributed by atoms with Crippen LogP contribution in [0.3, 0.4) is 0 Å². The third kappa shape index (κ3) is 2.46. The highest BCUT2D eigenvalue weighted by Gasteiger charge is 2.14. The number of aliphatic hydroxyl groups is 1. The maximum absolute atomic E-state index is 10.5. The zero-order valence-corrected chi connectivity index (χ0v) is 12.8. The average Bonchev–Trinajstić information content (AvgIpc) is 2.83. The van der Waals surface area contributed by atoms with Gasteiger partial charge in [0.2, 0.25) is 0 Å². The van der Waals surface area contributed by atoms with E-state index in [1.807, 2.05) is 30.5 Å². The molecule has 1 heterocycles. The second-order valence-electron chi connectivity index (χ2n) is 4.62. The van der Waals surface area contributed by atoms with Crippen LogP contribution in [0.25, 0.3) is 10.8 Å². The van der Waals surface area contributed by atoms with Gasteiger partial charge in [0.05, 0.1) is 0 Å². The number of hydrogen-bond donors (Lipinski definition) is 1. The van der Waals surface area contributed by atoms with Crippen molar-refractivity contribution in [1.82, 2.24) is 0 Å². The first-order chi connectivity index (χ1) is 9.15. The van der Waals surface area contributed by atoms with Crippen LogP contribution in [-0.2, 0) is 0 Å². The highest BCUT2D eigenvalue weighted by molar-refractivity contribution is 9.10. The SMILES string of the molecule is Cc1ccsc1C(O)c1ccc2cc(Br)ccc2c1. The molecule has 3 aromatic rings. The molecule has 3 heteroatoms. The van der Waals surface area contributed by atoms with Crippen LogP contribution < -0.4 is 0 Å². The van der Waals surface area contributed by atoms with Crippen LogP contribution >= 0.6 is 27.3 Å². The van der Waals surface area contributed by atoms with Gasteiger partial charge >= 0.3 is 0 Å². The quantitative estimate of drug-likeness (QED) is 0.695. The van der Waals surface area contributed by atoms with Crippen molar-refractivity contribution in [2.24, 2.45) is 0 Å². The first-order valence-corrected chi connectivity index (χ1v) is 7.74. The van der Waals surface area contributed by atoms with E-state index in [-0.39, 0.29) is 0 Å². The van der Waals surface area contributed by atoms with Crippen LogP contribution in [0.5, 0.6) is 0 Å². The number of fused-ring (bicyclic) bond motifs is 1. The molecular formula is C16H13BrOS. The Kier molecular flexibility index (Phi) is 3.44. The van der Waals surface area contributed by atoms with Gasteiger partial charge in [0, 0.05) is 9.35 Å². The van der Waals surface area contributed by atoms with Crippen LogP contribution in [-0.4, -0.2) is 5.11 Å². The lowest BCUT2D eigenvalue weighted by molar-refractivity contribution is 0.223. The van der Waals surface area contributed by atoms with Crippen molar-refractivity contribution < 1.29 is 5.11 Å². The van der Waals surface area contributed by atoms with Crippen molar-refractivity contribution in [3.05, 3.63) is 68.3 Å². The van der Waals surface area contributed by atoms with E-state index in [1.54, 1.807) is 11.3 Å². The summed E-state index contributed by atoms with van der Waals surface area (Å²) in [7, 11) is 0. The van der Waals surface area contributed by atoms with Gasteiger partial charge in [-0.2, -0.15) is 0 Å². The summed E-state index contributed by atoms with van der Waals surface area (Å²) in [4.78, 5) is 1.02. The number of thiophene rings is 1. The molecule has 1 unspecified atom stereocenters. The molecule has 0 spiro atoms. The summed E-state index contributed by atoms with van der Waals surface area (Å²) in [6, 6.07) is 14.3. The second kappa shape index (κ2) is 5.08. The Bertz CT molecular complexity index is 732. The standard InChI is InChI=1S/C16H13BrOS/c1-10-6-7-19-16(10)15(18)13-3-2-12-9-14(17)5-4-11(12)8-13/h2-9,15,18H,1H3. The van der Waals surface area contributed by atoms with Gasteiger partial charge in [-0.15, -0.1) is 11.3 Å². The maximum Gasteiger partial charge on any atom is 0.113 e. The highest BCUT2D eigenvalue weighted by Crippen LogP contribution is 2.31. The number of halogens is 1. The molecule has 0 amide bonds. The van der Waals surface area contributed by atoms with Crippen molar-refractivity contribution in [2.45, 2.75) is 13.0 Å². The largest absolute Gasteiger partial charge is 0.383 e. The molecule has 1 aromatic heterocycles. The van der Waals surface area contributed by atoms with E-state index in [0.717, 1.165) is 25.9 Å². The lowest BCUT2D eigenvalue weighted by Gasteiger charge is -2.11. The molecule has 2 aromatic carbocycles. The summed E-state index contributed by atoms with van der Waals surface area (Å²) in [6.07, 6.45) is -0.534. The third-order valence-corrected chi connectivity index (χ3v) is 4.86. The zero-order valence-electron chi connectivity index (χ0n) is 10.4. The lowest BCUT2D eigenvalue weighted by atomic mass is 10.0. The van der Waals surface area contributed by atoms with E-state index in [1.165, 1.54) is 5.39 Å². The smallest absolute Gasteiger partial charge is 0.113 e. The van der Waals surface area contributed by atoms with Crippen molar-refractivity contribution in [2.75, 3.05) is 0 Å². The molecule has 0 aliphatic heterocycles. The Labute approximate surface area is 124 Å². The monoisotopic (exact) mass is 332 g/mol. The number of aliphatic hydroxyl groups excluding tert-OH is 1. The molecule has 1 atom stereocenters. The van der Waals surface area contributed by atoms with E-state index >= 15 is 0 Å². The van der Waals surface area contributed by atoms with Gasteiger partial charge in [-0.25, -0.2) is 0 Å². The van der Waals surface area contributed by atoms with Gasteiger partial charge in [0.25, 0.3) is 0 Å². The Balaban J connectivity index is 2.06. The first kappa shape index (κ1) is 12.9. The van der Waals surface area contributed by atoms with Crippen molar-refractivity contribution in [1.29, 1.82) is 0 Å². The van der Waals surface area contributed by atoms with E-state index in [2.05, 4.69) is 40.2 Å². The number of aryl methyl sites for hydroxylation is 1. The topological polar surface area (TPSA) is 20.2 Å². The molecule has 1 N–H and O–H groups in total. The molecule has 0 saturated carbocycles. The van der Waals surface area contributed by atoms with E-state index < -0.39 is 6.10 Å². The molecule has 1 nitrogen and oxygen atoms in total. The summed E-state index contributed by atoms with van der Waals surface area (Å²) >= 11 is 5.08. The summed E-state index contributed by atoms with van der Waals surface area (Å²) in [5.74, 6) is 0. The summed E-state index contributed by atoms with van der Waals surface area (Å²) < 4.78 is 1.07. The first-order valence-electron chi connectivity index (χ1n) is 6.06. The summed E-state index contributed by atoms with van der Waals surface area (Å²) in [5.41, 5.74) is 2.09. The van der Waals surface area contributed by atoms with E-state index in [9.17, 15) is 5.11 Å². The minimum atomic E-state index is -0.534. The Hall–Kier alpha value is -1.16. The molecule has 0 radical (unpaired) electrons. The van der Waals surface area contributed by atoms with Gasteiger partial charge in [-0.05, 0) is 58.5 Å². The maximum atomic E-state index is 10.5. The number of benzene rings is 2. The zero-order chi connectivity index (χ0) is 13.4. The van der Waals surface area contributed by atoms with Gasteiger partial charge in [0.1, 0.15) is 6.10 Å². The number of rotatable bonds is 2. The van der Waals surface area contributed by atoms with Crippen LogP contribution in [0, 0.1) is 6.92 Å². The fourth-order valence-electron chi connectivity index (χ4n) is 2.22. The van der Waals surface area contributed by atoms with Gasteiger partial charge in [-0.1, -0.05) is 34.1 Å². The van der Waals surface area contributed by atoms with Crippen molar-refractivity contribution >= 4 is 38.0 Å². The molecular weight excluding hydrogens is 320 g/mol. The Morgan fingerprint density at radius 2 is 1.79 bits per heavy atom. The fourth-order valence-corrected chi connectivity index (χ4v) is 3.54. The van der Waals surface area contributed by atoms with Crippen LogP contribution in [0.1, 0.15) is 22.1 Å². The van der Waals surface area contributed by atoms with Gasteiger partial charge in [-0.3, -0.25) is 0 Å². The molecule has 0 fully saturated rings. The summed E-state index contributed by atoms with van der Waals surface area (Å²) in [5, 5.41) is 14.8. The van der Waals surface area contributed by atoms with Crippen molar-refractivity contribution in [3.8, 4) is 0 Å². The van der Waals surface area contributed by atoms with E-state index in [4.69, 9.17) is 0 Å². The van der Waals surface area contributed by atoms with Gasteiger partial charge < -0.3 is 5.11 Å². The minimum Gasteiger partial charge on any atom is -0.383 e. The summed E-state index contributed by atoms with van der Waals surface area (Å²) in [6.45, 7) is 2.03. The molecule has 0 bridgehead atoms. The highest BCUT2D eigenvalue weighted by atomic mass is 79.9. The normalized spacial score (nSPS) is 12.8. The molecule has 3 rings (SSSR count). The lowest BCUT2D eigenvalue weighted by Crippen LogP contribution is -1.98. The molecule has 19 heavy (non-hydrogen) atoms. The predicted molar refractivity (Wildman–Crippen MR) is 84.8 cm³/mol. The molecule has 0 aliphatic rings. The Morgan fingerprint density at radius 3 is 2.53 bits per heavy atom. The van der Waals surface area contributed by atoms with Crippen LogP contribution in [0.15, 0.2) is 52.3 Å². The fraction of sp³-hybridized carbons (Fsp3) is 0.125. The third-order valence-electron chi connectivity index (χ3n) is 3.29. The average molecular weight is 333 g/mol.